The molecule has 1 aliphatic carbocycles. The van der Waals surface area contributed by atoms with E-state index in [9.17, 15) is 4.79 Å². The van der Waals surface area contributed by atoms with Gasteiger partial charge in [-0.3, -0.25) is 9.69 Å². The fraction of sp³-hybridized carbons (Fsp3) is 0.750. The molecule has 3 fully saturated rings. The second kappa shape index (κ2) is 14.3. The summed E-state index contributed by atoms with van der Waals surface area (Å²) >= 11 is 0. The van der Waals surface area contributed by atoms with Crippen LogP contribution in [-0.4, -0.2) is 51.7 Å². The summed E-state index contributed by atoms with van der Waals surface area (Å²) in [5.41, 5.74) is 2.17. The van der Waals surface area contributed by atoms with Gasteiger partial charge in [-0.1, -0.05) is 77.8 Å². The van der Waals surface area contributed by atoms with Crippen molar-refractivity contribution in [1.29, 1.82) is 0 Å². The minimum atomic E-state index is -0.229. The molecule has 0 spiro atoms. The van der Waals surface area contributed by atoms with Crippen LogP contribution in [0, 0.1) is 5.92 Å². The molecule has 3 aliphatic rings. The Balaban J connectivity index is 0.00000164. The molecule has 4 unspecified atom stereocenters. The molecule has 1 aromatic heterocycles. The van der Waals surface area contributed by atoms with Gasteiger partial charge in [-0.25, -0.2) is 4.98 Å². The van der Waals surface area contributed by atoms with Crippen LogP contribution in [0.2, 0.25) is 0 Å². The lowest BCUT2D eigenvalue weighted by Gasteiger charge is -2.55. The van der Waals surface area contributed by atoms with Crippen LogP contribution in [0.15, 0.2) is 24.3 Å². The topological polar surface area (TPSA) is 59.4 Å². The summed E-state index contributed by atoms with van der Waals surface area (Å²) in [6.07, 6.45) is 17.7. The van der Waals surface area contributed by atoms with Crippen molar-refractivity contribution >= 4 is 23.0 Å². The zero-order chi connectivity index (χ0) is 26.9. The first-order valence-electron chi connectivity index (χ1n) is 15.8. The van der Waals surface area contributed by atoms with Gasteiger partial charge < -0.3 is 14.6 Å². The molecule has 0 amide bonds. The summed E-state index contributed by atoms with van der Waals surface area (Å²) in [7, 11) is 0. The molecular formula is C32H52N4O2. The lowest BCUT2D eigenvalue weighted by Crippen LogP contribution is -2.59. The summed E-state index contributed by atoms with van der Waals surface area (Å²) in [5.74, 6) is 1.31. The molecule has 212 valence electrons. The lowest BCUT2D eigenvalue weighted by atomic mass is 9.74. The van der Waals surface area contributed by atoms with Crippen LogP contribution >= 0.6 is 0 Å². The maximum absolute atomic E-state index is 12.1. The highest BCUT2D eigenvalue weighted by Crippen LogP contribution is 2.46. The van der Waals surface area contributed by atoms with E-state index in [-0.39, 0.29) is 12.5 Å². The van der Waals surface area contributed by atoms with Gasteiger partial charge in [-0.2, -0.15) is 0 Å². The molecule has 2 bridgehead atoms. The van der Waals surface area contributed by atoms with Crippen LogP contribution in [-0.2, 0) is 9.53 Å². The molecule has 1 saturated carbocycles. The number of ether oxygens (including phenoxy) is 1. The standard InChI is InChI=1S/C30H46N4O2.C2H6/c1-3-36-29(35)21-31-30-32-26-15-11-12-16-27(26)34(30)25-19-24-18-17-22(2)28(20-25)33(24)23-13-9-7-5-4-6-8-10-14-23;1-2/h11-12,15-16,22-25,28H,3-10,13-14,17-21H2,1-2H3,(H,31,32);1-2H3. The second-order valence-electron chi connectivity index (χ2n) is 11.5. The third-order valence-electron chi connectivity index (χ3n) is 9.13. The van der Waals surface area contributed by atoms with Gasteiger partial charge in [0.05, 0.1) is 17.6 Å². The van der Waals surface area contributed by atoms with Gasteiger partial charge in [0.25, 0.3) is 0 Å². The molecule has 1 N–H and O–H groups in total. The Kier molecular flexibility index (Phi) is 10.9. The maximum atomic E-state index is 12.1. The molecule has 3 heterocycles. The van der Waals surface area contributed by atoms with Gasteiger partial charge in [-0.15, -0.1) is 0 Å². The fourth-order valence-electron chi connectivity index (χ4n) is 7.41. The monoisotopic (exact) mass is 524 g/mol. The number of nitrogens with zero attached hydrogens (tertiary/aromatic N) is 3. The number of fused-ring (bicyclic) bond motifs is 3. The predicted molar refractivity (Wildman–Crippen MR) is 158 cm³/mol. The third kappa shape index (κ3) is 6.73. The van der Waals surface area contributed by atoms with Gasteiger partial charge in [0.2, 0.25) is 5.95 Å². The minimum Gasteiger partial charge on any atom is -0.465 e. The first kappa shape index (κ1) is 28.9. The zero-order valence-electron chi connectivity index (χ0n) is 24.5. The molecule has 1 aromatic carbocycles. The number of imidazole rings is 1. The molecule has 6 nitrogen and oxygen atoms in total. The van der Waals surface area contributed by atoms with Crippen molar-refractivity contribution in [2.45, 2.75) is 135 Å². The summed E-state index contributed by atoms with van der Waals surface area (Å²) < 4.78 is 7.58. The Labute approximate surface area is 230 Å². The number of nitrogens with one attached hydrogen (secondary N) is 1. The molecule has 6 heteroatoms. The van der Waals surface area contributed by atoms with Crippen LogP contribution in [0.25, 0.3) is 11.0 Å². The highest BCUT2D eigenvalue weighted by molar-refractivity contribution is 5.80. The number of hydrogen-bond donors (Lipinski definition) is 1. The van der Waals surface area contributed by atoms with Gasteiger partial charge >= 0.3 is 5.97 Å². The number of aromatic nitrogens is 2. The minimum absolute atomic E-state index is 0.154. The third-order valence-corrected chi connectivity index (χ3v) is 9.13. The lowest BCUT2D eigenvalue weighted by molar-refractivity contribution is -0.140. The Bertz CT molecular complexity index is 995. The molecule has 2 aliphatic heterocycles. The number of rotatable bonds is 6. The predicted octanol–water partition coefficient (Wildman–Crippen LogP) is 7.73. The Morgan fingerprint density at radius 2 is 1.61 bits per heavy atom. The Morgan fingerprint density at radius 3 is 2.32 bits per heavy atom. The molecule has 4 atom stereocenters. The number of benzene rings is 1. The number of hydrogen-bond acceptors (Lipinski definition) is 5. The Hall–Kier alpha value is -2.08. The smallest absolute Gasteiger partial charge is 0.325 e. The van der Waals surface area contributed by atoms with Crippen molar-refractivity contribution in [2.75, 3.05) is 18.5 Å². The second-order valence-corrected chi connectivity index (χ2v) is 11.5. The highest BCUT2D eigenvalue weighted by Gasteiger charge is 2.45. The summed E-state index contributed by atoms with van der Waals surface area (Å²) in [6.45, 7) is 8.89. The van der Waals surface area contributed by atoms with Crippen LogP contribution in [0.4, 0.5) is 5.95 Å². The molecule has 0 radical (unpaired) electrons. The average Bonchev–Trinajstić information content (AvgIpc) is 3.32. The van der Waals surface area contributed by atoms with Crippen LogP contribution in [0.1, 0.15) is 117 Å². The van der Waals surface area contributed by atoms with Gasteiger partial charge in [0, 0.05) is 24.2 Å². The summed E-state index contributed by atoms with van der Waals surface area (Å²) in [5, 5.41) is 3.33. The van der Waals surface area contributed by atoms with Gasteiger partial charge in [-0.05, 0) is 63.5 Å². The first-order valence-corrected chi connectivity index (χ1v) is 15.8. The Morgan fingerprint density at radius 1 is 0.921 bits per heavy atom. The molecule has 38 heavy (non-hydrogen) atoms. The van der Waals surface area contributed by atoms with E-state index in [1.807, 2.05) is 26.8 Å². The van der Waals surface area contributed by atoms with Crippen molar-refractivity contribution in [3.8, 4) is 0 Å². The highest BCUT2D eigenvalue weighted by atomic mass is 16.5. The molecule has 2 saturated heterocycles. The van der Waals surface area contributed by atoms with Crippen molar-refractivity contribution in [1.82, 2.24) is 14.5 Å². The van der Waals surface area contributed by atoms with E-state index in [2.05, 4.69) is 39.9 Å². The molecule has 2 aromatic rings. The summed E-state index contributed by atoms with van der Waals surface area (Å²) in [6, 6.07) is 10.9. The number of carbonyl (C=O) groups excluding carboxylic acids is 1. The molecular weight excluding hydrogens is 472 g/mol. The van der Waals surface area contributed by atoms with Gasteiger partial charge in [0.1, 0.15) is 6.54 Å². The van der Waals surface area contributed by atoms with Crippen molar-refractivity contribution in [2.24, 2.45) is 5.92 Å². The van der Waals surface area contributed by atoms with E-state index >= 15 is 0 Å². The van der Waals surface area contributed by atoms with Crippen molar-refractivity contribution in [3.05, 3.63) is 24.3 Å². The van der Waals surface area contributed by atoms with Gasteiger partial charge in [0.15, 0.2) is 0 Å². The average molecular weight is 525 g/mol. The van der Waals surface area contributed by atoms with E-state index < -0.39 is 0 Å². The van der Waals surface area contributed by atoms with Crippen LogP contribution < -0.4 is 5.32 Å². The number of esters is 1. The van der Waals surface area contributed by atoms with Crippen molar-refractivity contribution in [3.63, 3.8) is 0 Å². The number of para-hydroxylation sites is 2. The van der Waals surface area contributed by atoms with E-state index in [0.717, 1.165) is 23.4 Å². The van der Waals surface area contributed by atoms with E-state index in [0.29, 0.717) is 24.7 Å². The molecule has 5 rings (SSSR count). The van der Waals surface area contributed by atoms with Crippen LogP contribution in [0.5, 0.6) is 0 Å². The van der Waals surface area contributed by atoms with E-state index in [1.165, 1.54) is 89.0 Å². The van der Waals surface area contributed by atoms with E-state index in [4.69, 9.17) is 9.72 Å². The quantitative estimate of drug-likeness (QED) is 0.392. The van der Waals surface area contributed by atoms with Crippen molar-refractivity contribution < 1.29 is 9.53 Å². The normalized spacial score (nSPS) is 27.3. The van der Waals surface area contributed by atoms with Crippen LogP contribution in [0.3, 0.4) is 0 Å². The SMILES string of the molecule is CC.CCOC(=O)CNc1nc2ccccc2n1C1CC2CCC(C)C(C1)N2C1CCCCCCCCC1. The largest absolute Gasteiger partial charge is 0.465 e. The first-order chi connectivity index (χ1) is 18.7. The zero-order valence-corrected chi connectivity index (χ0v) is 24.5. The number of anilines is 1. The number of piperidine rings is 2. The number of carbonyl (C=O) groups is 1. The fourth-order valence-corrected chi connectivity index (χ4v) is 7.41. The maximum Gasteiger partial charge on any atom is 0.325 e. The van der Waals surface area contributed by atoms with E-state index in [1.54, 1.807) is 0 Å². The summed E-state index contributed by atoms with van der Waals surface area (Å²) in [4.78, 5) is 20.0.